The molecule has 13 heavy (non-hydrogen) atoms. The highest BCUT2D eigenvalue weighted by Crippen LogP contribution is 2.15. The molecule has 72 valence electrons. The van der Waals surface area contributed by atoms with Crippen LogP contribution in [0, 0.1) is 0 Å². The standard InChI is InChI=1S/C8H11NO3S/c9-7-3-1-6(2-4-7)8(10)5-13(11)12/h1-4,8,10H,5,9H2,(H,11,12). The van der Waals surface area contributed by atoms with Crippen LogP contribution in [-0.4, -0.2) is 19.6 Å². The normalized spacial score (nSPS) is 15.2. The number of nitrogens with two attached hydrogens (primary N) is 1. The Bertz CT molecular complexity index is 299. The number of anilines is 1. The largest absolute Gasteiger partial charge is 0.399 e. The molecule has 0 amide bonds. The van der Waals surface area contributed by atoms with Crippen molar-refractivity contribution in [1.82, 2.24) is 0 Å². The van der Waals surface area contributed by atoms with E-state index in [-0.39, 0.29) is 5.75 Å². The van der Waals surface area contributed by atoms with Gasteiger partial charge in [-0.3, -0.25) is 0 Å². The van der Waals surface area contributed by atoms with Crippen LogP contribution in [0.2, 0.25) is 0 Å². The monoisotopic (exact) mass is 201 g/mol. The summed E-state index contributed by atoms with van der Waals surface area (Å²) in [6.07, 6.45) is -0.911. The van der Waals surface area contributed by atoms with Gasteiger partial charge in [0.05, 0.1) is 11.9 Å². The van der Waals surface area contributed by atoms with E-state index in [1.54, 1.807) is 24.3 Å². The molecule has 0 aliphatic heterocycles. The van der Waals surface area contributed by atoms with Crippen LogP contribution in [0.1, 0.15) is 11.7 Å². The predicted molar refractivity (Wildman–Crippen MR) is 51.5 cm³/mol. The van der Waals surface area contributed by atoms with E-state index >= 15 is 0 Å². The van der Waals surface area contributed by atoms with Gasteiger partial charge in [0.2, 0.25) is 0 Å². The maximum atomic E-state index is 10.4. The highest BCUT2D eigenvalue weighted by atomic mass is 32.2. The molecule has 1 rings (SSSR count). The number of aliphatic hydroxyl groups is 1. The molecule has 0 aromatic heterocycles. The first-order valence-electron chi connectivity index (χ1n) is 3.70. The molecule has 4 nitrogen and oxygen atoms in total. The first kappa shape index (κ1) is 10.2. The van der Waals surface area contributed by atoms with Crippen LogP contribution >= 0.6 is 0 Å². The van der Waals surface area contributed by atoms with Gasteiger partial charge in [-0.1, -0.05) is 12.1 Å². The van der Waals surface area contributed by atoms with E-state index in [9.17, 15) is 9.32 Å². The second-order valence-electron chi connectivity index (χ2n) is 2.67. The van der Waals surface area contributed by atoms with Crippen LogP contribution in [0.4, 0.5) is 5.69 Å². The van der Waals surface area contributed by atoms with Gasteiger partial charge in [-0.05, 0) is 17.7 Å². The Morgan fingerprint density at radius 1 is 1.38 bits per heavy atom. The molecule has 0 bridgehead atoms. The first-order valence-corrected chi connectivity index (χ1v) is 4.98. The van der Waals surface area contributed by atoms with Gasteiger partial charge >= 0.3 is 0 Å². The van der Waals surface area contributed by atoms with Crippen molar-refractivity contribution in [3.63, 3.8) is 0 Å². The second kappa shape index (κ2) is 4.36. The maximum absolute atomic E-state index is 10.4. The third kappa shape index (κ3) is 3.14. The van der Waals surface area contributed by atoms with Gasteiger partial charge in [-0.25, -0.2) is 4.21 Å². The van der Waals surface area contributed by atoms with Crippen molar-refractivity contribution >= 4 is 16.8 Å². The number of hydrogen-bond donors (Lipinski definition) is 3. The number of hydrogen-bond acceptors (Lipinski definition) is 3. The van der Waals surface area contributed by atoms with E-state index in [2.05, 4.69) is 0 Å². The fraction of sp³-hybridized carbons (Fsp3) is 0.250. The summed E-state index contributed by atoms with van der Waals surface area (Å²) in [4.78, 5) is 0. The third-order valence-corrected chi connectivity index (χ3v) is 2.22. The zero-order chi connectivity index (χ0) is 9.84. The molecule has 0 saturated carbocycles. The van der Waals surface area contributed by atoms with Crippen LogP contribution in [0.15, 0.2) is 24.3 Å². The third-order valence-electron chi connectivity index (χ3n) is 1.62. The second-order valence-corrected chi connectivity index (χ2v) is 3.65. The van der Waals surface area contributed by atoms with Gasteiger partial charge < -0.3 is 15.4 Å². The minimum absolute atomic E-state index is 0.177. The molecular formula is C8H11NO3S. The van der Waals surface area contributed by atoms with Gasteiger partial charge in [-0.15, -0.1) is 0 Å². The first-order chi connectivity index (χ1) is 6.09. The van der Waals surface area contributed by atoms with Crippen LogP contribution in [-0.2, 0) is 11.1 Å². The fourth-order valence-electron chi connectivity index (χ4n) is 0.949. The number of rotatable bonds is 3. The molecule has 0 spiro atoms. The van der Waals surface area contributed by atoms with Crippen molar-refractivity contribution < 1.29 is 13.9 Å². The SMILES string of the molecule is Nc1ccc(C(O)CS(=O)O)cc1. The van der Waals surface area contributed by atoms with Crippen molar-refractivity contribution in [3.8, 4) is 0 Å². The van der Waals surface area contributed by atoms with Gasteiger partial charge in [0.1, 0.15) is 0 Å². The predicted octanol–water partition coefficient (Wildman–Crippen LogP) is 0.524. The molecule has 0 radical (unpaired) electrons. The maximum Gasteiger partial charge on any atom is 0.155 e. The lowest BCUT2D eigenvalue weighted by molar-refractivity contribution is 0.201. The zero-order valence-corrected chi connectivity index (χ0v) is 7.70. The molecule has 2 atom stereocenters. The average Bonchev–Trinajstić information content (AvgIpc) is 2.04. The molecule has 0 aliphatic rings. The van der Waals surface area contributed by atoms with Crippen molar-refractivity contribution in [2.75, 3.05) is 11.5 Å². The highest BCUT2D eigenvalue weighted by molar-refractivity contribution is 7.79. The summed E-state index contributed by atoms with van der Waals surface area (Å²) in [6.45, 7) is 0. The zero-order valence-electron chi connectivity index (χ0n) is 6.88. The van der Waals surface area contributed by atoms with Crippen LogP contribution in [0.25, 0.3) is 0 Å². The smallest absolute Gasteiger partial charge is 0.155 e. The average molecular weight is 201 g/mol. The van der Waals surface area contributed by atoms with E-state index in [0.717, 1.165) is 0 Å². The van der Waals surface area contributed by atoms with Crippen LogP contribution in [0.3, 0.4) is 0 Å². The van der Waals surface area contributed by atoms with Crippen molar-refractivity contribution in [2.45, 2.75) is 6.10 Å². The molecule has 1 aromatic carbocycles. The topological polar surface area (TPSA) is 83.5 Å². The lowest BCUT2D eigenvalue weighted by atomic mass is 10.1. The minimum atomic E-state index is -1.98. The number of benzene rings is 1. The Hall–Kier alpha value is -0.910. The molecule has 2 unspecified atom stereocenters. The Balaban J connectivity index is 2.71. The summed E-state index contributed by atoms with van der Waals surface area (Å²) in [5.41, 5.74) is 6.63. The van der Waals surface area contributed by atoms with E-state index in [1.807, 2.05) is 0 Å². The molecule has 1 aromatic rings. The van der Waals surface area contributed by atoms with Crippen molar-refractivity contribution in [2.24, 2.45) is 0 Å². The minimum Gasteiger partial charge on any atom is -0.399 e. The van der Waals surface area contributed by atoms with E-state index in [1.165, 1.54) is 0 Å². The quantitative estimate of drug-likeness (QED) is 0.492. The molecule has 0 aliphatic carbocycles. The summed E-state index contributed by atoms with van der Waals surface area (Å²) in [5, 5.41) is 9.39. The van der Waals surface area contributed by atoms with E-state index in [4.69, 9.17) is 10.3 Å². The number of nitrogen functional groups attached to an aromatic ring is 1. The Morgan fingerprint density at radius 3 is 2.38 bits per heavy atom. The summed E-state index contributed by atoms with van der Waals surface area (Å²) in [6, 6.07) is 6.54. The highest BCUT2D eigenvalue weighted by Gasteiger charge is 2.09. The number of aliphatic hydroxyl groups excluding tert-OH is 1. The van der Waals surface area contributed by atoms with Crippen LogP contribution in [0.5, 0.6) is 0 Å². The van der Waals surface area contributed by atoms with Gasteiger partial charge in [0.25, 0.3) is 0 Å². The summed E-state index contributed by atoms with van der Waals surface area (Å²) in [5.74, 6) is -0.177. The van der Waals surface area contributed by atoms with Crippen molar-refractivity contribution in [3.05, 3.63) is 29.8 Å². The van der Waals surface area contributed by atoms with Gasteiger partial charge in [-0.2, -0.15) is 0 Å². The molecule has 0 heterocycles. The Morgan fingerprint density at radius 2 is 1.92 bits per heavy atom. The fourth-order valence-corrected chi connectivity index (χ4v) is 1.41. The van der Waals surface area contributed by atoms with E-state index in [0.29, 0.717) is 11.3 Å². The summed E-state index contributed by atoms with van der Waals surface area (Å²) in [7, 11) is 0. The molecule has 0 saturated heterocycles. The summed E-state index contributed by atoms with van der Waals surface area (Å²) >= 11 is -1.98. The molecular weight excluding hydrogens is 190 g/mol. The van der Waals surface area contributed by atoms with Crippen molar-refractivity contribution in [1.29, 1.82) is 0 Å². The van der Waals surface area contributed by atoms with Crippen LogP contribution < -0.4 is 5.73 Å². The molecule has 4 N–H and O–H groups in total. The Kier molecular flexibility index (Phi) is 3.41. The molecule has 0 fully saturated rings. The van der Waals surface area contributed by atoms with Gasteiger partial charge in [0.15, 0.2) is 11.1 Å². The van der Waals surface area contributed by atoms with Gasteiger partial charge in [0, 0.05) is 5.69 Å². The van der Waals surface area contributed by atoms with E-state index < -0.39 is 17.2 Å². The Labute approximate surface area is 78.7 Å². The molecule has 5 heteroatoms. The summed E-state index contributed by atoms with van der Waals surface area (Å²) < 4.78 is 18.9. The lowest BCUT2D eigenvalue weighted by Gasteiger charge is -2.07. The lowest BCUT2D eigenvalue weighted by Crippen LogP contribution is -2.07.